The van der Waals surface area contributed by atoms with E-state index in [4.69, 9.17) is 9.47 Å². The number of amides is 1. The van der Waals surface area contributed by atoms with Crippen LogP contribution >= 0.6 is 0 Å². The minimum atomic E-state index is -0.606. The van der Waals surface area contributed by atoms with Crippen molar-refractivity contribution in [3.8, 4) is 11.5 Å². The molecule has 1 atom stereocenters. The molecule has 6 nitrogen and oxygen atoms in total. The Bertz CT molecular complexity index is 793. The second kappa shape index (κ2) is 9.57. The van der Waals surface area contributed by atoms with Crippen LogP contribution in [0.1, 0.15) is 31.4 Å². The van der Waals surface area contributed by atoms with Crippen LogP contribution in [-0.2, 0) is 17.8 Å². The highest BCUT2D eigenvalue weighted by Gasteiger charge is 2.23. The number of hydrogen-bond donors (Lipinski definition) is 3. The summed E-state index contributed by atoms with van der Waals surface area (Å²) in [5.41, 5.74) is 2.63. The number of fused-ring (bicyclic) bond motifs is 1. The molecule has 0 saturated heterocycles. The number of aliphatic hydroxyl groups is 1. The summed E-state index contributed by atoms with van der Waals surface area (Å²) in [5.74, 6) is 1.27. The molecule has 2 aromatic rings. The van der Waals surface area contributed by atoms with Gasteiger partial charge in [0.15, 0.2) is 0 Å². The van der Waals surface area contributed by atoms with Gasteiger partial charge in [-0.15, -0.1) is 0 Å². The normalized spacial score (nSPS) is 14.4. The average Bonchev–Trinajstić information content (AvgIpc) is 2.70. The Balaban J connectivity index is 1.70. The molecule has 150 valence electrons. The first kappa shape index (κ1) is 20.2. The predicted octanol–water partition coefficient (Wildman–Crippen LogP) is 2.89. The van der Waals surface area contributed by atoms with Gasteiger partial charge in [-0.2, -0.15) is 0 Å². The molecule has 2 aromatic carbocycles. The van der Waals surface area contributed by atoms with E-state index >= 15 is 0 Å². The van der Waals surface area contributed by atoms with Gasteiger partial charge in [0.2, 0.25) is 5.91 Å². The van der Waals surface area contributed by atoms with Crippen LogP contribution in [0.5, 0.6) is 11.5 Å². The van der Waals surface area contributed by atoms with Gasteiger partial charge in [-0.25, -0.2) is 0 Å². The summed E-state index contributed by atoms with van der Waals surface area (Å²) in [4.78, 5) is 11.9. The highest BCUT2D eigenvalue weighted by atomic mass is 16.5. The highest BCUT2D eigenvalue weighted by molar-refractivity contribution is 5.96. The Morgan fingerprint density at radius 3 is 2.57 bits per heavy atom. The van der Waals surface area contributed by atoms with Crippen molar-refractivity contribution in [3.05, 3.63) is 53.6 Å². The van der Waals surface area contributed by atoms with E-state index in [1.54, 1.807) is 6.07 Å². The van der Waals surface area contributed by atoms with Crippen LogP contribution in [0, 0.1) is 0 Å². The minimum absolute atomic E-state index is 0.0321. The lowest BCUT2D eigenvalue weighted by atomic mass is 10.0. The summed E-state index contributed by atoms with van der Waals surface area (Å²) in [5, 5.41) is 16.2. The summed E-state index contributed by atoms with van der Waals surface area (Å²) >= 11 is 0. The van der Waals surface area contributed by atoms with E-state index in [0.717, 1.165) is 11.1 Å². The summed E-state index contributed by atoms with van der Waals surface area (Å²) in [7, 11) is 0. The van der Waals surface area contributed by atoms with Crippen molar-refractivity contribution in [2.24, 2.45) is 0 Å². The highest BCUT2D eigenvalue weighted by Crippen LogP contribution is 2.39. The van der Waals surface area contributed by atoms with Crippen LogP contribution in [-0.4, -0.2) is 36.3 Å². The summed E-state index contributed by atoms with van der Waals surface area (Å²) in [6.45, 7) is 5.13. The van der Waals surface area contributed by atoms with Crippen molar-refractivity contribution in [1.82, 2.24) is 5.32 Å². The van der Waals surface area contributed by atoms with Gasteiger partial charge in [0.25, 0.3) is 0 Å². The molecule has 28 heavy (non-hydrogen) atoms. The molecule has 1 aliphatic rings. The number of anilines is 1. The fraction of sp³-hybridized carbons (Fsp3) is 0.409. The summed E-state index contributed by atoms with van der Waals surface area (Å²) in [6, 6.07) is 13.8. The standard InChI is InChI=1S/C22H28N2O4/c1-15(2)23-12-17(25)14-28-19-9-10-20(22-18(19)8-11-21(26)24-22)27-13-16-6-4-3-5-7-16/h3-7,9-10,15,17,23,25H,8,11-14H2,1-2H3,(H,24,26). The van der Waals surface area contributed by atoms with Crippen LogP contribution in [0.3, 0.4) is 0 Å². The SMILES string of the molecule is CC(C)NCC(O)COc1ccc(OCc2ccccc2)c2c1CCC(=O)N2. The van der Waals surface area contributed by atoms with Gasteiger partial charge in [-0.3, -0.25) is 4.79 Å². The third kappa shape index (κ3) is 5.47. The second-order valence-electron chi connectivity index (χ2n) is 7.27. The number of ether oxygens (including phenoxy) is 2. The summed E-state index contributed by atoms with van der Waals surface area (Å²) in [6.07, 6.45) is 0.382. The zero-order chi connectivity index (χ0) is 19.9. The van der Waals surface area contributed by atoms with Crippen LogP contribution in [0.4, 0.5) is 5.69 Å². The topological polar surface area (TPSA) is 79.8 Å². The maximum Gasteiger partial charge on any atom is 0.224 e. The number of aliphatic hydroxyl groups excluding tert-OH is 1. The number of rotatable bonds is 9. The summed E-state index contributed by atoms with van der Waals surface area (Å²) < 4.78 is 11.8. The molecule has 1 amide bonds. The van der Waals surface area contributed by atoms with Crippen LogP contribution < -0.4 is 20.1 Å². The lowest BCUT2D eigenvalue weighted by Gasteiger charge is -2.24. The molecule has 3 rings (SSSR count). The molecule has 0 fully saturated rings. The smallest absolute Gasteiger partial charge is 0.224 e. The van der Waals surface area contributed by atoms with Gasteiger partial charge in [-0.05, 0) is 24.1 Å². The maximum atomic E-state index is 11.9. The number of nitrogens with one attached hydrogen (secondary N) is 2. The quantitative estimate of drug-likeness (QED) is 0.620. The van der Waals surface area contributed by atoms with Crippen molar-refractivity contribution >= 4 is 11.6 Å². The van der Waals surface area contributed by atoms with Crippen LogP contribution in [0.2, 0.25) is 0 Å². The molecule has 0 spiro atoms. The Morgan fingerprint density at radius 1 is 1.07 bits per heavy atom. The Labute approximate surface area is 165 Å². The Morgan fingerprint density at radius 2 is 1.82 bits per heavy atom. The van der Waals surface area contributed by atoms with Gasteiger partial charge in [0.05, 0.1) is 5.69 Å². The van der Waals surface area contributed by atoms with E-state index in [2.05, 4.69) is 10.6 Å². The zero-order valence-electron chi connectivity index (χ0n) is 16.4. The van der Waals surface area contributed by atoms with E-state index in [0.29, 0.717) is 49.2 Å². The zero-order valence-corrected chi connectivity index (χ0v) is 16.4. The molecule has 1 unspecified atom stereocenters. The van der Waals surface area contributed by atoms with Crippen molar-refractivity contribution in [2.75, 3.05) is 18.5 Å². The largest absolute Gasteiger partial charge is 0.490 e. The maximum absolute atomic E-state index is 11.9. The second-order valence-corrected chi connectivity index (χ2v) is 7.27. The fourth-order valence-corrected chi connectivity index (χ4v) is 3.04. The minimum Gasteiger partial charge on any atom is -0.490 e. The first-order valence-corrected chi connectivity index (χ1v) is 9.69. The van der Waals surface area contributed by atoms with Gasteiger partial charge in [0, 0.05) is 24.6 Å². The molecule has 1 aliphatic heterocycles. The van der Waals surface area contributed by atoms with Crippen molar-refractivity contribution in [1.29, 1.82) is 0 Å². The van der Waals surface area contributed by atoms with Crippen molar-refractivity contribution in [2.45, 2.75) is 45.4 Å². The van der Waals surface area contributed by atoms with E-state index < -0.39 is 6.10 Å². The molecule has 3 N–H and O–H groups in total. The first-order chi connectivity index (χ1) is 13.5. The molecule has 6 heteroatoms. The Hall–Kier alpha value is -2.57. The molecular formula is C22H28N2O4. The first-order valence-electron chi connectivity index (χ1n) is 9.69. The monoisotopic (exact) mass is 384 g/mol. The number of hydrogen-bond acceptors (Lipinski definition) is 5. The number of benzene rings is 2. The van der Waals surface area contributed by atoms with Gasteiger partial charge < -0.3 is 25.2 Å². The molecule has 0 saturated carbocycles. The molecule has 0 radical (unpaired) electrons. The van der Waals surface area contributed by atoms with Gasteiger partial charge in [-0.1, -0.05) is 44.2 Å². The van der Waals surface area contributed by atoms with E-state index in [1.807, 2.05) is 50.2 Å². The molecule has 0 aromatic heterocycles. The fourth-order valence-electron chi connectivity index (χ4n) is 3.04. The average molecular weight is 384 g/mol. The molecular weight excluding hydrogens is 356 g/mol. The van der Waals surface area contributed by atoms with E-state index in [9.17, 15) is 9.90 Å². The number of carbonyl (C=O) groups excluding carboxylic acids is 1. The van der Waals surface area contributed by atoms with Crippen LogP contribution in [0.25, 0.3) is 0 Å². The van der Waals surface area contributed by atoms with Gasteiger partial charge >= 0.3 is 0 Å². The number of carbonyl (C=O) groups is 1. The third-order valence-electron chi connectivity index (χ3n) is 4.53. The predicted molar refractivity (Wildman–Crippen MR) is 109 cm³/mol. The van der Waals surface area contributed by atoms with E-state index in [1.165, 1.54) is 0 Å². The lowest BCUT2D eigenvalue weighted by molar-refractivity contribution is -0.116. The molecule has 0 aliphatic carbocycles. The van der Waals surface area contributed by atoms with Crippen molar-refractivity contribution in [3.63, 3.8) is 0 Å². The lowest BCUT2D eigenvalue weighted by Crippen LogP contribution is -2.35. The van der Waals surface area contributed by atoms with Crippen molar-refractivity contribution < 1.29 is 19.4 Å². The van der Waals surface area contributed by atoms with Crippen LogP contribution in [0.15, 0.2) is 42.5 Å². The van der Waals surface area contributed by atoms with Gasteiger partial charge in [0.1, 0.15) is 30.8 Å². The van der Waals surface area contributed by atoms with E-state index in [-0.39, 0.29) is 12.5 Å². The molecule has 1 heterocycles. The molecule has 0 bridgehead atoms. The Kier molecular flexibility index (Phi) is 6.90. The third-order valence-corrected chi connectivity index (χ3v) is 4.53.